The van der Waals surface area contributed by atoms with Crippen LogP contribution in [0.3, 0.4) is 0 Å². The van der Waals surface area contributed by atoms with Crippen LogP contribution >= 0.6 is 0 Å². The predicted molar refractivity (Wildman–Crippen MR) is 72.0 cm³/mol. The molecule has 102 valence electrons. The van der Waals surface area contributed by atoms with Gasteiger partial charge in [-0.3, -0.25) is 0 Å². The number of ether oxygens (including phenoxy) is 1. The summed E-state index contributed by atoms with van der Waals surface area (Å²) in [6.45, 7) is 12.3. The molecule has 0 fully saturated rings. The van der Waals surface area contributed by atoms with E-state index in [9.17, 15) is 8.42 Å². The van der Waals surface area contributed by atoms with Crippen molar-refractivity contribution in [2.24, 2.45) is 0 Å². The molecule has 1 N–H and O–H groups in total. The van der Waals surface area contributed by atoms with E-state index in [1.807, 2.05) is 6.92 Å². The van der Waals surface area contributed by atoms with Crippen LogP contribution in [0.4, 0.5) is 0 Å². The van der Waals surface area contributed by atoms with Gasteiger partial charge in [-0.2, -0.15) is 0 Å². The van der Waals surface area contributed by atoms with Gasteiger partial charge in [0.1, 0.15) is 0 Å². The number of hydrogen-bond acceptors (Lipinski definition) is 4. The summed E-state index contributed by atoms with van der Waals surface area (Å²) in [6.07, 6.45) is 1.76. The summed E-state index contributed by atoms with van der Waals surface area (Å²) in [5.74, 6) is 0.157. The van der Waals surface area contributed by atoms with Crippen LogP contribution in [0.15, 0.2) is 12.7 Å². The quantitative estimate of drug-likeness (QED) is 0.531. The van der Waals surface area contributed by atoms with Gasteiger partial charge in [-0.25, -0.2) is 8.42 Å². The van der Waals surface area contributed by atoms with E-state index in [1.165, 1.54) is 0 Å². The van der Waals surface area contributed by atoms with E-state index in [1.54, 1.807) is 26.8 Å². The molecule has 0 aromatic heterocycles. The third kappa shape index (κ3) is 6.81. The number of rotatable bonds is 8. The lowest BCUT2D eigenvalue weighted by Crippen LogP contribution is -2.36. The van der Waals surface area contributed by atoms with Crippen molar-refractivity contribution in [2.75, 3.05) is 25.4 Å². The monoisotopic (exact) mass is 263 g/mol. The molecule has 1 unspecified atom stereocenters. The highest BCUT2D eigenvalue weighted by atomic mass is 32.2. The molecule has 0 amide bonds. The van der Waals surface area contributed by atoms with Crippen molar-refractivity contribution in [1.82, 2.24) is 5.32 Å². The van der Waals surface area contributed by atoms with E-state index in [0.29, 0.717) is 19.7 Å². The molecular formula is C12H25NO3S. The summed E-state index contributed by atoms with van der Waals surface area (Å²) in [4.78, 5) is 0. The molecule has 0 aliphatic heterocycles. The molecule has 0 aromatic carbocycles. The third-order valence-electron chi connectivity index (χ3n) is 2.41. The highest BCUT2D eigenvalue weighted by molar-refractivity contribution is 7.92. The van der Waals surface area contributed by atoms with Gasteiger partial charge >= 0.3 is 0 Å². The molecular weight excluding hydrogens is 238 g/mol. The Morgan fingerprint density at radius 2 is 2.00 bits per heavy atom. The first kappa shape index (κ1) is 16.6. The van der Waals surface area contributed by atoms with E-state index in [0.717, 1.165) is 0 Å². The van der Waals surface area contributed by atoms with Crippen LogP contribution in [0, 0.1) is 0 Å². The SMILES string of the molecule is C=CCOC(C)CNCCS(=O)(=O)C(C)(C)C. The maximum atomic E-state index is 11.8. The van der Waals surface area contributed by atoms with Gasteiger partial charge in [0.25, 0.3) is 0 Å². The first-order chi connectivity index (χ1) is 7.70. The molecule has 0 saturated heterocycles. The highest BCUT2D eigenvalue weighted by Gasteiger charge is 2.27. The van der Waals surface area contributed by atoms with E-state index < -0.39 is 14.6 Å². The Labute approximate surface area is 105 Å². The first-order valence-corrected chi connectivity index (χ1v) is 7.51. The Morgan fingerprint density at radius 1 is 1.41 bits per heavy atom. The molecule has 1 atom stereocenters. The number of hydrogen-bond donors (Lipinski definition) is 1. The fourth-order valence-corrected chi connectivity index (χ4v) is 2.13. The molecule has 0 saturated carbocycles. The van der Waals surface area contributed by atoms with Gasteiger partial charge in [-0.15, -0.1) is 6.58 Å². The Bertz CT molecular complexity index is 317. The molecule has 5 heteroatoms. The topological polar surface area (TPSA) is 55.4 Å². The predicted octanol–water partition coefficient (Wildman–Crippen LogP) is 1.38. The lowest BCUT2D eigenvalue weighted by Gasteiger charge is -2.19. The standard InChI is InChI=1S/C12H25NO3S/c1-6-8-16-11(2)10-13-7-9-17(14,15)12(3,4)5/h6,11,13H,1,7-10H2,2-5H3. The third-order valence-corrected chi connectivity index (χ3v) is 5.02. The van der Waals surface area contributed by atoms with Crippen molar-refractivity contribution in [3.8, 4) is 0 Å². The minimum Gasteiger partial charge on any atom is -0.373 e. The molecule has 0 heterocycles. The zero-order valence-corrected chi connectivity index (χ0v) is 12.1. The summed E-state index contributed by atoms with van der Waals surface area (Å²) in [5.41, 5.74) is 0. The maximum absolute atomic E-state index is 11.8. The van der Waals surface area contributed by atoms with Gasteiger partial charge in [0.05, 0.1) is 23.2 Å². The van der Waals surface area contributed by atoms with Crippen molar-refractivity contribution in [3.63, 3.8) is 0 Å². The minimum atomic E-state index is -3.03. The van der Waals surface area contributed by atoms with Gasteiger partial charge in [0.2, 0.25) is 0 Å². The summed E-state index contributed by atoms with van der Waals surface area (Å²) in [7, 11) is -3.03. The zero-order chi connectivity index (χ0) is 13.5. The smallest absolute Gasteiger partial charge is 0.156 e. The van der Waals surface area contributed by atoms with Crippen LogP contribution in [0.1, 0.15) is 27.7 Å². The van der Waals surface area contributed by atoms with Gasteiger partial charge in [-0.1, -0.05) is 6.08 Å². The average molecular weight is 263 g/mol. The van der Waals surface area contributed by atoms with Gasteiger partial charge in [0.15, 0.2) is 9.84 Å². The van der Waals surface area contributed by atoms with Crippen LogP contribution < -0.4 is 5.32 Å². The summed E-state index contributed by atoms with van der Waals surface area (Å²) < 4.78 is 28.2. The Morgan fingerprint density at radius 3 is 2.47 bits per heavy atom. The summed E-state index contributed by atoms with van der Waals surface area (Å²) in [5, 5.41) is 3.08. The summed E-state index contributed by atoms with van der Waals surface area (Å²) in [6, 6.07) is 0. The normalized spacial score (nSPS) is 14.6. The average Bonchev–Trinajstić information content (AvgIpc) is 2.20. The van der Waals surface area contributed by atoms with Crippen molar-refractivity contribution >= 4 is 9.84 Å². The second-order valence-electron chi connectivity index (χ2n) is 5.07. The number of sulfone groups is 1. The molecule has 0 aliphatic rings. The minimum absolute atomic E-state index is 0.0605. The van der Waals surface area contributed by atoms with Crippen LogP contribution in [-0.2, 0) is 14.6 Å². The summed E-state index contributed by atoms with van der Waals surface area (Å²) >= 11 is 0. The van der Waals surface area contributed by atoms with Crippen LogP contribution in [0.2, 0.25) is 0 Å². The molecule has 0 rings (SSSR count). The highest BCUT2D eigenvalue weighted by Crippen LogP contribution is 2.15. The molecule has 4 nitrogen and oxygen atoms in total. The van der Waals surface area contributed by atoms with Crippen molar-refractivity contribution in [2.45, 2.75) is 38.5 Å². The van der Waals surface area contributed by atoms with E-state index in [4.69, 9.17) is 4.74 Å². The largest absolute Gasteiger partial charge is 0.373 e. The van der Waals surface area contributed by atoms with Crippen molar-refractivity contribution in [1.29, 1.82) is 0 Å². The fourth-order valence-electron chi connectivity index (χ4n) is 1.11. The van der Waals surface area contributed by atoms with E-state index in [2.05, 4.69) is 11.9 Å². The maximum Gasteiger partial charge on any atom is 0.156 e. The lowest BCUT2D eigenvalue weighted by molar-refractivity contribution is 0.0885. The van der Waals surface area contributed by atoms with E-state index in [-0.39, 0.29) is 11.9 Å². The van der Waals surface area contributed by atoms with Crippen molar-refractivity contribution < 1.29 is 13.2 Å². The van der Waals surface area contributed by atoms with E-state index >= 15 is 0 Å². The van der Waals surface area contributed by atoms with Crippen LogP contribution in [-0.4, -0.2) is 44.7 Å². The van der Waals surface area contributed by atoms with Crippen molar-refractivity contribution in [3.05, 3.63) is 12.7 Å². The first-order valence-electron chi connectivity index (χ1n) is 5.86. The van der Waals surface area contributed by atoms with Gasteiger partial charge in [-0.05, 0) is 27.7 Å². The second-order valence-corrected chi connectivity index (χ2v) is 7.93. The van der Waals surface area contributed by atoms with Gasteiger partial charge in [0, 0.05) is 13.1 Å². The molecule has 0 spiro atoms. The Hall–Kier alpha value is -0.390. The molecule has 0 aromatic rings. The molecule has 17 heavy (non-hydrogen) atoms. The van der Waals surface area contributed by atoms with Crippen LogP contribution in [0.5, 0.6) is 0 Å². The molecule has 0 radical (unpaired) electrons. The fraction of sp³-hybridized carbons (Fsp3) is 0.833. The molecule has 0 bridgehead atoms. The van der Waals surface area contributed by atoms with Crippen LogP contribution in [0.25, 0.3) is 0 Å². The number of nitrogens with one attached hydrogen (secondary N) is 1. The second kappa shape index (κ2) is 7.13. The Kier molecular flexibility index (Phi) is 6.97. The molecule has 0 aliphatic carbocycles. The lowest BCUT2D eigenvalue weighted by atomic mass is 10.3. The zero-order valence-electron chi connectivity index (χ0n) is 11.3. The Balaban J connectivity index is 3.82. The van der Waals surface area contributed by atoms with Gasteiger partial charge < -0.3 is 10.1 Å².